The lowest BCUT2D eigenvalue weighted by Gasteiger charge is -2.10. The van der Waals surface area contributed by atoms with Crippen LogP contribution in [0.3, 0.4) is 0 Å². The molecule has 0 fully saturated rings. The van der Waals surface area contributed by atoms with Gasteiger partial charge in [0.2, 0.25) is 5.91 Å². The fourth-order valence-electron chi connectivity index (χ4n) is 1.06. The third-order valence-corrected chi connectivity index (χ3v) is 3.14. The van der Waals surface area contributed by atoms with Gasteiger partial charge in [-0.2, -0.15) is 0 Å². The van der Waals surface area contributed by atoms with Gasteiger partial charge >= 0.3 is 0 Å². The van der Waals surface area contributed by atoms with Gasteiger partial charge in [0.05, 0.1) is 12.5 Å². The highest BCUT2D eigenvalue weighted by Gasteiger charge is 2.19. The molecule has 84 valence electrons. The molecule has 8 heteroatoms. The van der Waals surface area contributed by atoms with E-state index in [1.165, 1.54) is 12.5 Å². The molecule has 0 aliphatic heterocycles. The molecule has 0 saturated carbocycles. The van der Waals surface area contributed by atoms with Gasteiger partial charge in [-0.1, -0.05) is 0 Å². The second-order valence-electron chi connectivity index (χ2n) is 3.11. The number of nitrogens with one attached hydrogen (secondary N) is 2. The first-order valence-corrected chi connectivity index (χ1v) is 5.69. The first kappa shape index (κ1) is 11.7. The fourth-order valence-corrected chi connectivity index (χ4v) is 2.21. The average molecular weight is 232 g/mol. The lowest BCUT2D eigenvalue weighted by Crippen LogP contribution is -2.35. The number of amides is 1. The van der Waals surface area contributed by atoms with E-state index in [-0.39, 0.29) is 11.4 Å². The lowest BCUT2D eigenvalue weighted by molar-refractivity contribution is -0.118. The lowest BCUT2D eigenvalue weighted by atomic mass is 10.2. The topological polar surface area (TPSA) is 118 Å². The van der Waals surface area contributed by atoms with E-state index in [1.807, 2.05) is 0 Å². The third kappa shape index (κ3) is 3.33. The van der Waals surface area contributed by atoms with Crippen molar-refractivity contribution in [1.82, 2.24) is 14.7 Å². The number of aromatic nitrogens is 2. The van der Waals surface area contributed by atoms with Crippen molar-refractivity contribution in [2.75, 3.05) is 0 Å². The molecule has 1 aromatic heterocycles. The van der Waals surface area contributed by atoms with Crippen molar-refractivity contribution >= 4 is 15.9 Å². The number of primary amides is 1. The Morgan fingerprint density at radius 1 is 1.73 bits per heavy atom. The van der Waals surface area contributed by atoms with Crippen LogP contribution in [-0.2, 0) is 14.8 Å². The summed E-state index contributed by atoms with van der Waals surface area (Å²) in [6, 6.07) is -0.546. The molecule has 7 nitrogen and oxygen atoms in total. The van der Waals surface area contributed by atoms with Crippen LogP contribution in [0.5, 0.6) is 0 Å². The third-order valence-electron chi connectivity index (χ3n) is 1.63. The molecule has 1 rings (SSSR count). The minimum atomic E-state index is -3.64. The van der Waals surface area contributed by atoms with Crippen LogP contribution in [0.2, 0.25) is 0 Å². The molecular formula is C7H12N4O3S. The smallest absolute Gasteiger partial charge is 0.257 e. The molecule has 1 heterocycles. The predicted octanol–water partition coefficient (Wildman–Crippen LogP) is -1.05. The summed E-state index contributed by atoms with van der Waals surface area (Å²) >= 11 is 0. The molecule has 1 aromatic rings. The van der Waals surface area contributed by atoms with E-state index in [1.54, 1.807) is 6.92 Å². The number of nitrogens with two attached hydrogens (primary N) is 1. The number of aromatic amines is 1. The standard InChI is InChI=1S/C7H12N4O3S/c1-5(2-6(8)12)11-15(13,14)7-3-9-4-10-7/h3-5,11H,2H2,1H3,(H2,8,12)(H,9,10). The summed E-state index contributed by atoms with van der Waals surface area (Å²) in [4.78, 5) is 16.6. The predicted molar refractivity (Wildman–Crippen MR) is 52.2 cm³/mol. The molecule has 0 spiro atoms. The van der Waals surface area contributed by atoms with Crippen LogP contribution in [0.1, 0.15) is 13.3 Å². The molecule has 0 aliphatic rings. The number of hydrogen-bond donors (Lipinski definition) is 3. The van der Waals surface area contributed by atoms with E-state index in [2.05, 4.69) is 14.7 Å². The Hall–Kier alpha value is -1.41. The van der Waals surface area contributed by atoms with Crippen LogP contribution in [0, 0.1) is 0 Å². The Morgan fingerprint density at radius 3 is 2.87 bits per heavy atom. The van der Waals surface area contributed by atoms with Crippen molar-refractivity contribution in [3.8, 4) is 0 Å². The van der Waals surface area contributed by atoms with Crippen LogP contribution in [-0.4, -0.2) is 30.3 Å². The second-order valence-corrected chi connectivity index (χ2v) is 4.79. The zero-order valence-electron chi connectivity index (χ0n) is 8.10. The van der Waals surface area contributed by atoms with Crippen LogP contribution in [0.15, 0.2) is 17.6 Å². The first-order valence-electron chi connectivity index (χ1n) is 4.21. The number of hydrogen-bond acceptors (Lipinski definition) is 4. The summed E-state index contributed by atoms with van der Waals surface area (Å²) in [5.41, 5.74) is 4.94. The first-order chi connectivity index (χ1) is 6.92. The maximum Gasteiger partial charge on any atom is 0.257 e. The van der Waals surface area contributed by atoms with Gasteiger partial charge in [0.25, 0.3) is 10.0 Å². The molecule has 0 radical (unpaired) electrons. The number of carbonyl (C=O) groups is 1. The molecule has 1 amide bonds. The molecule has 0 aliphatic carbocycles. The second kappa shape index (κ2) is 4.41. The number of imidazole rings is 1. The molecule has 0 saturated heterocycles. The van der Waals surface area contributed by atoms with E-state index in [4.69, 9.17) is 5.73 Å². The highest BCUT2D eigenvalue weighted by Crippen LogP contribution is 2.04. The highest BCUT2D eigenvalue weighted by atomic mass is 32.2. The molecule has 15 heavy (non-hydrogen) atoms. The normalized spacial score (nSPS) is 13.7. The summed E-state index contributed by atoms with van der Waals surface area (Å²) in [6.07, 6.45) is 2.39. The van der Waals surface area contributed by atoms with Crippen LogP contribution < -0.4 is 10.5 Å². The zero-order chi connectivity index (χ0) is 11.5. The maximum absolute atomic E-state index is 11.6. The van der Waals surface area contributed by atoms with E-state index < -0.39 is 22.0 Å². The van der Waals surface area contributed by atoms with Crippen LogP contribution >= 0.6 is 0 Å². The quantitative estimate of drug-likeness (QED) is 0.600. The monoisotopic (exact) mass is 232 g/mol. The maximum atomic E-state index is 11.6. The number of H-pyrrole nitrogens is 1. The van der Waals surface area contributed by atoms with Crippen molar-refractivity contribution < 1.29 is 13.2 Å². The van der Waals surface area contributed by atoms with Crippen LogP contribution in [0.4, 0.5) is 0 Å². The van der Waals surface area contributed by atoms with Gasteiger partial charge in [-0.3, -0.25) is 4.79 Å². The number of nitrogens with zero attached hydrogens (tertiary/aromatic N) is 1. The largest absolute Gasteiger partial charge is 0.370 e. The Bertz CT molecular complexity index is 425. The van der Waals surface area contributed by atoms with E-state index in [0.29, 0.717) is 0 Å². The van der Waals surface area contributed by atoms with Gasteiger partial charge in [0.1, 0.15) is 0 Å². The van der Waals surface area contributed by atoms with Gasteiger partial charge in [0.15, 0.2) is 5.03 Å². The van der Waals surface area contributed by atoms with E-state index in [9.17, 15) is 13.2 Å². The van der Waals surface area contributed by atoms with Crippen molar-refractivity contribution in [2.24, 2.45) is 5.73 Å². The van der Waals surface area contributed by atoms with Gasteiger partial charge < -0.3 is 10.7 Å². The van der Waals surface area contributed by atoms with Crippen molar-refractivity contribution in [1.29, 1.82) is 0 Å². The summed E-state index contributed by atoms with van der Waals surface area (Å²) in [5, 5.41) is -0.0428. The zero-order valence-corrected chi connectivity index (χ0v) is 8.91. The number of sulfonamides is 1. The SMILES string of the molecule is CC(CC(N)=O)NS(=O)(=O)c1cnc[nH]1. The molecular weight excluding hydrogens is 220 g/mol. The molecule has 0 aromatic carbocycles. The van der Waals surface area contributed by atoms with Gasteiger partial charge in [-0.15, -0.1) is 0 Å². The minimum absolute atomic E-state index is 0.0428. The summed E-state index contributed by atoms with van der Waals surface area (Å²) in [7, 11) is -3.64. The Morgan fingerprint density at radius 2 is 2.40 bits per heavy atom. The Labute approximate surface area is 87.1 Å². The van der Waals surface area contributed by atoms with E-state index in [0.717, 1.165) is 0 Å². The van der Waals surface area contributed by atoms with Gasteiger partial charge in [0, 0.05) is 12.5 Å². The molecule has 0 bridgehead atoms. The molecule has 4 N–H and O–H groups in total. The van der Waals surface area contributed by atoms with Crippen molar-refractivity contribution in [3.05, 3.63) is 12.5 Å². The Balaban J connectivity index is 2.69. The number of rotatable bonds is 5. The van der Waals surface area contributed by atoms with Crippen molar-refractivity contribution in [3.63, 3.8) is 0 Å². The molecule has 1 atom stereocenters. The van der Waals surface area contributed by atoms with Crippen molar-refractivity contribution in [2.45, 2.75) is 24.4 Å². The summed E-state index contributed by atoms with van der Waals surface area (Å²) < 4.78 is 25.4. The van der Waals surface area contributed by atoms with E-state index >= 15 is 0 Å². The van der Waals surface area contributed by atoms with Crippen LogP contribution in [0.25, 0.3) is 0 Å². The number of carbonyl (C=O) groups excluding carboxylic acids is 1. The summed E-state index contributed by atoms with van der Waals surface area (Å²) in [6.45, 7) is 1.55. The fraction of sp³-hybridized carbons (Fsp3) is 0.429. The highest BCUT2D eigenvalue weighted by molar-refractivity contribution is 7.89. The van der Waals surface area contributed by atoms with Gasteiger partial charge in [-0.25, -0.2) is 18.1 Å². The summed E-state index contributed by atoms with van der Waals surface area (Å²) in [5.74, 6) is -0.560. The minimum Gasteiger partial charge on any atom is -0.370 e. The molecule has 1 unspecified atom stereocenters. The Kier molecular flexibility index (Phi) is 3.43. The average Bonchev–Trinajstić information content (AvgIpc) is 2.51. The van der Waals surface area contributed by atoms with Gasteiger partial charge in [-0.05, 0) is 6.92 Å².